The summed E-state index contributed by atoms with van der Waals surface area (Å²) in [6.45, 7) is 0. The van der Waals surface area contributed by atoms with Crippen LogP contribution in [0.4, 0.5) is 35.1 Å². The van der Waals surface area contributed by atoms with Crippen LogP contribution < -0.4 is 5.73 Å². The molecule has 0 aliphatic carbocycles. The van der Waals surface area contributed by atoms with Gasteiger partial charge in [0.1, 0.15) is 11.9 Å². The van der Waals surface area contributed by atoms with Gasteiger partial charge in [-0.25, -0.2) is 13.2 Å². The van der Waals surface area contributed by atoms with Gasteiger partial charge in [0.05, 0.1) is 0 Å². The summed E-state index contributed by atoms with van der Waals surface area (Å²) < 4.78 is 99.6. The molecule has 19 heavy (non-hydrogen) atoms. The molecule has 0 unspecified atom stereocenters. The summed E-state index contributed by atoms with van der Waals surface area (Å²) in [5.74, 6) is -10.8. The van der Waals surface area contributed by atoms with E-state index in [0.717, 1.165) is 0 Å². The van der Waals surface area contributed by atoms with Crippen LogP contribution in [-0.2, 0) is 0 Å². The highest BCUT2D eigenvalue weighted by atomic mass is 35.5. The molecule has 2 N–H and O–H groups in total. The van der Waals surface area contributed by atoms with Crippen LogP contribution in [0.5, 0.6) is 0 Å². The third-order valence-electron chi connectivity index (χ3n) is 2.14. The van der Waals surface area contributed by atoms with E-state index in [1.165, 1.54) is 0 Å². The van der Waals surface area contributed by atoms with Gasteiger partial charge in [0.25, 0.3) is 0 Å². The first-order chi connectivity index (χ1) is 7.98. The van der Waals surface area contributed by atoms with E-state index in [4.69, 9.17) is 0 Å². The van der Waals surface area contributed by atoms with E-state index < -0.39 is 41.2 Å². The summed E-state index contributed by atoms with van der Waals surface area (Å²) in [7, 11) is 0. The quantitative estimate of drug-likeness (QED) is 0.653. The van der Waals surface area contributed by atoms with Crippen molar-refractivity contribution in [3.8, 4) is 0 Å². The lowest BCUT2D eigenvalue weighted by Gasteiger charge is -2.26. The lowest BCUT2D eigenvalue weighted by Crippen LogP contribution is -2.46. The fourth-order valence-corrected chi connectivity index (χ4v) is 1.15. The molecule has 1 aromatic rings. The Balaban J connectivity index is 0.00000324. The summed E-state index contributed by atoms with van der Waals surface area (Å²) >= 11 is 0. The van der Waals surface area contributed by atoms with E-state index in [9.17, 15) is 35.1 Å². The number of benzene rings is 1. The normalized spacial score (nSPS) is 13.9. The average molecular weight is 316 g/mol. The summed E-state index contributed by atoms with van der Waals surface area (Å²) in [5, 5.41) is 0. The van der Waals surface area contributed by atoms with Crippen molar-refractivity contribution in [3.63, 3.8) is 0 Å². The molecule has 1 nitrogen and oxygen atoms in total. The molecular weight excluding hydrogens is 310 g/mol. The molecule has 0 radical (unpaired) electrons. The first kappa shape index (κ1) is 17.9. The lowest BCUT2D eigenvalue weighted by atomic mass is 10.00. The molecule has 0 amide bonds. The topological polar surface area (TPSA) is 26.0 Å². The van der Waals surface area contributed by atoms with Crippen molar-refractivity contribution in [1.29, 1.82) is 0 Å². The Morgan fingerprint density at radius 3 is 1.68 bits per heavy atom. The Hall–Kier alpha value is -1.09. The summed E-state index contributed by atoms with van der Waals surface area (Å²) in [6, 6.07) is -3.46. The molecule has 0 spiro atoms. The first-order valence-electron chi connectivity index (χ1n) is 4.33. The summed E-state index contributed by atoms with van der Waals surface area (Å²) in [6.07, 6.45) is -6.04. The minimum atomic E-state index is -6.04. The van der Waals surface area contributed by atoms with E-state index in [1.54, 1.807) is 0 Å². The molecule has 0 saturated carbocycles. The minimum absolute atomic E-state index is 0. The summed E-state index contributed by atoms with van der Waals surface area (Å²) in [4.78, 5) is 0. The van der Waals surface area contributed by atoms with Crippen molar-refractivity contribution in [2.75, 3.05) is 0 Å². The third-order valence-corrected chi connectivity index (χ3v) is 2.14. The van der Waals surface area contributed by atoms with Crippen LogP contribution in [-0.4, -0.2) is 12.1 Å². The first-order valence-corrected chi connectivity index (χ1v) is 4.33. The van der Waals surface area contributed by atoms with Gasteiger partial charge in [-0.05, 0) is 6.07 Å². The second-order valence-corrected chi connectivity index (χ2v) is 3.39. The van der Waals surface area contributed by atoms with Crippen molar-refractivity contribution in [2.24, 2.45) is 5.73 Å². The predicted octanol–water partition coefficient (Wildman–Crippen LogP) is 3.72. The van der Waals surface area contributed by atoms with Gasteiger partial charge in [-0.3, -0.25) is 0 Å². The zero-order chi connectivity index (χ0) is 14.3. The maximum absolute atomic E-state index is 13.0. The molecule has 1 aromatic carbocycles. The molecule has 0 aromatic heterocycles. The van der Waals surface area contributed by atoms with Gasteiger partial charge in [0, 0.05) is 11.6 Å². The highest BCUT2D eigenvalue weighted by Gasteiger charge is 2.62. The van der Waals surface area contributed by atoms with Crippen molar-refractivity contribution in [3.05, 3.63) is 35.1 Å². The van der Waals surface area contributed by atoms with Crippen LogP contribution in [0.25, 0.3) is 0 Å². The third kappa shape index (κ3) is 3.27. The van der Waals surface area contributed by atoms with E-state index in [2.05, 4.69) is 5.73 Å². The molecule has 0 saturated heterocycles. The Kier molecular flexibility index (Phi) is 5.18. The standard InChI is InChI=1S/C9H5F8N.ClH/c10-4-2-6(12)5(11)1-3(4)7(18)8(13,14)9(15,16)17;/h1-2,7H,18H2;1H/t7-;/m0./s1. The second kappa shape index (κ2) is 5.49. The Bertz CT molecular complexity index is 458. The van der Waals surface area contributed by atoms with Gasteiger partial charge in [0.2, 0.25) is 0 Å². The van der Waals surface area contributed by atoms with Gasteiger partial charge in [-0.1, -0.05) is 0 Å². The van der Waals surface area contributed by atoms with Gasteiger partial charge >= 0.3 is 12.1 Å². The smallest absolute Gasteiger partial charge is 0.319 e. The number of rotatable bonds is 2. The average Bonchev–Trinajstić information content (AvgIpc) is 2.20. The van der Waals surface area contributed by atoms with Gasteiger partial charge < -0.3 is 5.73 Å². The molecule has 0 aliphatic heterocycles. The monoisotopic (exact) mass is 315 g/mol. The van der Waals surface area contributed by atoms with E-state index in [-0.39, 0.29) is 24.5 Å². The van der Waals surface area contributed by atoms with Crippen molar-refractivity contribution in [2.45, 2.75) is 18.1 Å². The Morgan fingerprint density at radius 1 is 0.842 bits per heavy atom. The Labute approximate surface area is 107 Å². The van der Waals surface area contributed by atoms with E-state index in [1.807, 2.05) is 0 Å². The van der Waals surface area contributed by atoms with Crippen molar-refractivity contribution < 1.29 is 35.1 Å². The maximum atomic E-state index is 13.0. The highest BCUT2D eigenvalue weighted by molar-refractivity contribution is 5.85. The van der Waals surface area contributed by atoms with Crippen molar-refractivity contribution in [1.82, 2.24) is 0 Å². The van der Waals surface area contributed by atoms with Gasteiger partial charge in [-0.2, -0.15) is 22.0 Å². The summed E-state index contributed by atoms with van der Waals surface area (Å²) in [5.41, 5.74) is 3.12. The van der Waals surface area contributed by atoms with Gasteiger partial charge in [-0.15, -0.1) is 12.4 Å². The molecular formula is C9H6ClF8N. The van der Waals surface area contributed by atoms with Crippen LogP contribution >= 0.6 is 12.4 Å². The minimum Gasteiger partial charge on any atom is -0.319 e. The number of alkyl halides is 5. The van der Waals surface area contributed by atoms with Crippen LogP contribution in [0, 0.1) is 17.5 Å². The van der Waals surface area contributed by atoms with Crippen molar-refractivity contribution >= 4 is 12.4 Å². The highest BCUT2D eigenvalue weighted by Crippen LogP contribution is 2.43. The lowest BCUT2D eigenvalue weighted by molar-refractivity contribution is -0.291. The number of nitrogens with two attached hydrogens (primary N) is 1. The molecule has 1 atom stereocenters. The van der Waals surface area contributed by atoms with E-state index >= 15 is 0 Å². The molecule has 0 fully saturated rings. The molecule has 0 bridgehead atoms. The fourth-order valence-electron chi connectivity index (χ4n) is 1.15. The number of hydrogen-bond donors (Lipinski definition) is 1. The molecule has 1 rings (SSSR count). The maximum Gasteiger partial charge on any atom is 0.455 e. The molecule has 10 heteroatoms. The second-order valence-electron chi connectivity index (χ2n) is 3.39. The van der Waals surface area contributed by atoms with Crippen LogP contribution in [0.2, 0.25) is 0 Å². The molecule has 0 aliphatic rings. The number of hydrogen-bond acceptors (Lipinski definition) is 1. The number of halogens is 9. The largest absolute Gasteiger partial charge is 0.455 e. The van der Waals surface area contributed by atoms with Crippen LogP contribution in [0.3, 0.4) is 0 Å². The zero-order valence-corrected chi connectivity index (χ0v) is 9.56. The molecule has 0 heterocycles. The van der Waals surface area contributed by atoms with Gasteiger partial charge in [0.15, 0.2) is 11.6 Å². The van der Waals surface area contributed by atoms with E-state index in [0.29, 0.717) is 0 Å². The Morgan fingerprint density at radius 2 is 1.26 bits per heavy atom. The SMILES string of the molecule is Cl.N[C@@H](c1cc(F)c(F)cc1F)C(F)(F)C(F)(F)F. The molecule has 110 valence electrons. The fraction of sp³-hybridized carbons (Fsp3) is 0.333. The zero-order valence-electron chi connectivity index (χ0n) is 8.74. The predicted molar refractivity (Wildman–Crippen MR) is 51.5 cm³/mol. The van der Waals surface area contributed by atoms with Crippen LogP contribution in [0.1, 0.15) is 11.6 Å². The van der Waals surface area contributed by atoms with Crippen LogP contribution in [0.15, 0.2) is 12.1 Å².